The van der Waals surface area contributed by atoms with Crippen LogP contribution in [0, 0.1) is 11.7 Å². The van der Waals surface area contributed by atoms with Gasteiger partial charge in [0.05, 0.1) is 11.8 Å². The fraction of sp³-hybridized carbons (Fsp3) is 0.647. The second-order valence-corrected chi connectivity index (χ2v) is 6.29. The van der Waals surface area contributed by atoms with Crippen molar-refractivity contribution in [3.8, 4) is 0 Å². The number of likely N-dealkylation sites (N-methyl/N-ethyl adjacent to an activating group) is 1. The Morgan fingerprint density at radius 3 is 2.90 bits per heavy atom. The van der Waals surface area contributed by atoms with Crippen molar-refractivity contribution in [3.05, 3.63) is 29.6 Å². The Bertz CT molecular complexity index is 444. The lowest BCUT2D eigenvalue weighted by atomic mass is 10.1. The molecule has 1 heterocycles. The molecular weight excluding hydrogens is 267 g/mol. The number of nitrogens with zero attached hydrogens (tertiary/aromatic N) is 1. The van der Waals surface area contributed by atoms with Crippen molar-refractivity contribution in [1.82, 2.24) is 5.32 Å². The van der Waals surface area contributed by atoms with E-state index in [2.05, 4.69) is 19.2 Å². The zero-order chi connectivity index (χ0) is 15.2. The molecule has 3 nitrogen and oxygen atoms in total. The SMILES string of the molecule is CC(C)CNCc1cccc(F)c1N(C)CC1CCCO1. The molecule has 0 aliphatic carbocycles. The molecule has 1 saturated heterocycles. The number of ether oxygens (including phenoxy) is 1. The van der Waals surface area contributed by atoms with Gasteiger partial charge in [0.2, 0.25) is 0 Å². The van der Waals surface area contributed by atoms with Crippen LogP contribution in [0.25, 0.3) is 0 Å². The molecule has 0 saturated carbocycles. The Kier molecular flexibility index (Phi) is 6.00. The number of hydrogen-bond donors (Lipinski definition) is 1. The summed E-state index contributed by atoms with van der Waals surface area (Å²) in [5.74, 6) is 0.436. The van der Waals surface area contributed by atoms with E-state index in [1.807, 2.05) is 18.0 Å². The zero-order valence-electron chi connectivity index (χ0n) is 13.4. The summed E-state index contributed by atoms with van der Waals surface area (Å²) in [5, 5.41) is 3.39. The van der Waals surface area contributed by atoms with Gasteiger partial charge in [-0.3, -0.25) is 0 Å². The summed E-state index contributed by atoms with van der Waals surface area (Å²) in [6.07, 6.45) is 2.41. The molecule has 1 unspecified atom stereocenters. The van der Waals surface area contributed by atoms with Crippen molar-refractivity contribution in [3.63, 3.8) is 0 Å². The van der Waals surface area contributed by atoms with Crippen LogP contribution in [-0.2, 0) is 11.3 Å². The van der Waals surface area contributed by atoms with Crippen LogP contribution in [0.4, 0.5) is 10.1 Å². The number of nitrogens with one attached hydrogen (secondary N) is 1. The summed E-state index contributed by atoms with van der Waals surface area (Å²) >= 11 is 0. The van der Waals surface area contributed by atoms with E-state index in [0.717, 1.165) is 38.1 Å². The summed E-state index contributed by atoms with van der Waals surface area (Å²) in [5.41, 5.74) is 1.71. The minimum atomic E-state index is -0.153. The van der Waals surface area contributed by atoms with E-state index in [1.165, 1.54) is 6.07 Å². The van der Waals surface area contributed by atoms with Crippen molar-refractivity contribution >= 4 is 5.69 Å². The molecule has 0 spiro atoms. The van der Waals surface area contributed by atoms with Crippen molar-refractivity contribution in [2.75, 3.05) is 31.6 Å². The lowest BCUT2D eigenvalue weighted by Gasteiger charge is -2.26. The van der Waals surface area contributed by atoms with Gasteiger partial charge in [0, 0.05) is 26.7 Å². The summed E-state index contributed by atoms with van der Waals surface area (Å²) in [6, 6.07) is 5.32. The van der Waals surface area contributed by atoms with Crippen LogP contribution in [0.5, 0.6) is 0 Å². The van der Waals surface area contributed by atoms with E-state index in [1.54, 1.807) is 6.07 Å². The summed E-state index contributed by atoms with van der Waals surface area (Å²) in [7, 11) is 1.95. The van der Waals surface area contributed by atoms with Gasteiger partial charge in [0.1, 0.15) is 5.82 Å². The number of para-hydroxylation sites is 1. The van der Waals surface area contributed by atoms with E-state index in [9.17, 15) is 4.39 Å². The maximum absolute atomic E-state index is 14.3. The van der Waals surface area contributed by atoms with Gasteiger partial charge < -0.3 is 15.0 Å². The maximum Gasteiger partial charge on any atom is 0.146 e. The number of benzene rings is 1. The van der Waals surface area contributed by atoms with E-state index in [0.29, 0.717) is 18.2 Å². The third-order valence-electron chi connectivity index (χ3n) is 3.82. The van der Waals surface area contributed by atoms with Gasteiger partial charge in [-0.25, -0.2) is 4.39 Å². The quantitative estimate of drug-likeness (QED) is 0.836. The second-order valence-electron chi connectivity index (χ2n) is 6.29. The Hall–Kier alpha value is -1.13. The van der Waals surface area contributed by atoms with Crippen LogP contribution >= 0.6 is 0 Å². The van der Waals surface area contributed by atoms with Crippen molar-refractivity contribution in [2.45, 2.75) is 39.3 Å². The molecule has 1 atom stereocenters. The predicted octanol–water partition coefficient (Wildman–Crippen LogP) is 3.19. The third kappa shape index (κ3) is 4.68. The minimum Gasteiger partial charge on any atom is -0.376 e. The number of halogens is 1. The first-order valence-corrected chi connectivity index (χ1v) is 7.88. The largest absolute Gasteiger partial charge is 0.376 e. The van der Waals surface area contributed by atoms with E-state index >= 15 is 0 Å². The molecule has 1 fully saturated rings. The molecule has 1 aliphatic rings. The average Bonchev–Trinajstić information content (AvgIpc) is 2.91. The highest BCUT2D eigenvalue weighted by Gasteiger charge is 2.20. The van der Waals surface area contributed by atoms with Gasteiger partial charge in [0.25, 0.3) is 0 Å². The van der Waals surface area contributed by atoms with Crippen molar-refractivity contribution < 1.29 is 9.13 Å². The van der Waals surface area contributed by atoms with Gasteiger partial charge >= 0.3 is 0 Å². The molecule has 118 valence electrons. The van der Waals surface area contributed by atoms with Crippen LogP contribution in [-0.4, -0.2) is 32.8 Å². The zero-order valence-corrected chi connectivity index (χ0v) is 13.4. The van der Waals surface area contributed by atoms with Crippen LogP contribution in [0.2, 0.25) is 0 Å². The Labute approximate surface area is 127 Å². The molecule has 2 rings (SSSR count). The van der Waals surface area contributed by atoms with Crippen LogP contribution in [0.3, 0.4) is 0 Å². The van der Waals surface area contributed by atoms with Crippen LogP contribution < -0.4 is 10.2 Å². The summed E-state index contributed by atoms with van der Waals surface area (Å²) in [6.45, 7) is 7.55. The smallest absolute Gasteiger partial charge is 0.146 e. The van der Waals surface area contributed by atoms with Crippen molar-refractivity contribution in [2.24, 2.45) is 5.92 Å². The average molecular weight is 294 g/mol. The number of hydrogen-bond acceptors (Lipinski definition) is 3. The fourth-order valence-electron chi connectivity index (χ4n) is 2.81. The van der Waals surface area contributed by atoms with E-state index in [4.69, 9.17) is 4.74 Å². The normalized spacial score (nSPS) is 18.4. The number of anilines is 1. The standard InChI is InChI=1S/C17H27FN2O/c1-13(2)10-19-11-14-6-4-8-16(18)17(14)20(3)12-15-7-5-9-21-15/h4,6,8,13,15,19H,5,7,9-12H2,1-3H3. The van der Waals surface area contributed by atoms with Gasteiger partial charge in [-0.1, -0.05) is 26.0 Å². The van der Waals surface area contributed by atoms with Gasteiger partial charge in [-0.05, 0) is 36.9 Å². The molecule has 4 heteroatoms. The van der Waals surface area contributed by atoms with Crippen LogP contribution in [0.15, 0.2) is 18.2 Å². The Balaban J connectivity index is 2.04. The highest BCUT2D eigenvalue weighted by atomic mass is 19.1. The first-order chi connectivity index (χ1) is 10.1. The maximum atomic E-state index is 14.3. The lowest BCUT2D eigenvalue weighted by molar-refractivity contribution is 0.116. The summed E-state index contributed by atoms with van der Waals surface area (Å²) < 4.78 is 19.9. The molecule has 1 N–H and O–H groups in total. The third-order valence-corrected chi connectivity index (χ3v) is 3.82. The van der Waals surface area contributed by atoms with Gasteiger partial charge in [-0.2, -0.15) is 0 Å². The molecule has 0 bridgehead atoms. The molecule has 0 radical (unpaired) electrons. The molecule has 21 heavy (non-hydrogen) atoms. The lowest BCUT2D eigenvalue weighted by Crippen LogP contribution is -2.31. The second kappa shape index (κ2) is 7.76. The topological polar surface area (TPSA) is 24.5 Å². The Morgan fingerprint density at radius 1 is 1.43 bits per heavy atom. The van der Waals surface area contributed by atoms with Gasteiger partial charge in [0.15, 0.2) is 0 Å². The molecular formula is C17H27FN2O. The predicted molar refractivity (Wildman–Crippen MR) is 85.2 cm³/mol. The number of rotatable bonds is 7. The molecule has 0 aromatic heterocycles. The molecule has 1 aliphatic heterocycles. The first-order valence-electron chi connectivity index (χ1n) is 7.88. The molecule has 1 aromatic carbocycles. The Morgan fingerprint density at radius 2 is 2.24 bits per heavy atom. The van der Waals surface area contributed by atoms with E-state index in [-0.39, 0.29) is 11.9 Å². The monoisotopic (exact) mass is 294 g/mol. The molecule has 1 aromatic rings. The van der Waals surface area contributed by atoms with E-state index < -0.39 is 0 Å². The molecule has 0 amide bonds. The highest BCUT2D eigenvalue weighted by Crippen LogP contribution is 2.25. The summed E-state index contributed by atoms with van der Waals surface area (Å²) in [4.78, 5) is 2.00. The van der Waals surface area contributed by atoms with Crippen molar-refractivity contribution in [1.29, 1.82) is 0 Å². The van der Waals surface area contributed by atoms with Crippen LogP contribution in [0.1, 0.15) is 32.3 Å². The highest BCUT2D eigenvalue weighted by molar-refractivity contribution is 5.54. The van der Waals surface area contributed by atoms with Gasteiger partial charge in [-0.15, -0.1) is 0 Å². The minimum absolute atomic E-state index is 0.153. The first kappa shape index (κ1) is 16.2. The fourth-order valence-corrected chi connectivity index (χ4v) is 2.81.